The third-order valence-corrected chi connectivity index (χ3v) is 4.28. The number of carbonyl (C=O) groups excluding carboxylic acids is 1. The van der Waals surface area contributed by atoms with Crippen LogP contribution in [0.4, 0.5) is 0 Å². The lowest BCUT2D eigenvalue weighted by molar-refractivity contribution is 0.0951. The van der Waals surface area contributed by atoms with Gasteiger partial charge in [0, 0.05) is 38.3 Å². The third kappa shape index (κ3) is 9.99. The van der Waals surface area contributed by atoms with E-state index in [4.69, 9.17) is 0 Å². The molecule has 0 saturated heterocycles. The quantitative estimate of drug-likeness (QED) is 0.434. The number of carbonyl (C=O) groups is 1. The van der Waals surface area contributed by atoms with E-state index >= 15 is 0 Å². The van der Waals surface area contributed by atoms with Gasteiger partial charge in [-0.3, -0.25) is 9.79 Å². The number of guanidine groups is 1. The average Bonchev–Trinajstić information content (AvgIpc) is 2.63. The van der Waals surface area contributed by atoms with E-state index in [9.17, 15) is 4.79 Å². The highest BCUT2D eigenvalue weighted by Crippen LogP contribution is 2.07. The molecule has 1 aromatic carbocycles. The number of amides is 1. The summed E-state index contributed by atoms with van der Waals surface area (Å²) >= 11 is 0. The number of nitrogens with zero attached hydrogens (tertiary/aromatic N) is 2. The first kappa shape index (κ1) is 23.0. The van der Waals surface area contributed by atoms with E-state index in [1.54, 1.807) is 7.05 Å². The third-order valence-electron chi connectivity index (χ3n) is 4.28. The van der Waals surface area contributed by atoms with E-state index < -0.39 is 0 Å². The van der Waals surface area contributed by atoms with Crippen molar-refractivity contribution in [2.75, 3.05) is 34.2 Å². The van der Waals surface area contributed by atoms with Gasteiger partial charge >= 0.3 is 0 Å². The summed E-state index contributed by atoms with van der Waals surface area (Å²) in [5, 5.41) is 9.70. The molecule has 0 aliphatic rings. The minimum absolute atomic E-state index is 0.0384. The number of likely N-dealkylation sites (N-methyl/N-ethyl adjacent to an activating group) is 1. The second-order valence-corrected chi connectivity index (χ2v) is 7.70. The first-order valence-electron chi connectivity index (χ1n) is 9.80. The number of benzene rings is 1. The van der Waals surface area contributed by atoms with E-state index in [1.807, 2.05) is 43.3 Å². The molecule has 0 saturated carbocycles. The highest BCUT2D eigenvalue weighted by atomic mass is 16.1. The van der Waals surface area contributed by atoms with E-state index in [-0.39, 0.29) is 5.91 Å². The molecule has 3 N–H and O–H groups in total. The maximum Gasteiger partial charge on any atom is 0.251 e. The highest BCUT2D eigenvalue weighted by Gasteiger charge is 2.08. The molecular formula is C21H37N5O. The molecule has 27 heavy (non-hydrogen) atoms. The van der Waals surface area contributed by atoms with Gasteiger partial charge in [-0.25, -0.2) is 0 Å². The van der Waals surface area contributed by atoms with E-state index in [1.165, 1.54) is 6.42 Å². The molecule has 0 fully saturated rings. The summed E-state index contributed by atoms with van der Waals surface area (Å²) in [7, 11) is 5.76. The Labute approximate surface area is 164 Å². The van der Waals surface area contributed by atoms with Gasteiger partial charge in [0.15, 0.2) is 5.96 Å². The van der Waals surface area contributed by atoms with Crippen molar-refractivity contribution in [2.45, 2.75) is 46.2 Å². The minimum atomic E-state index is -0.0384. The zero-order valence-corrected chi connectivity index (χ0v) is 17.8. The molecule has 0 radical (unpaired) electrons. The zero-order valence-electron chi connectivity index (χ0n) is 17.8. The van der Waals surface area contributed by atoms with Crippen LogP contribution in [0.5, 0.6) is 0 Å². The number of hydrogen-bond acceptors (Lipinski definition) is 3. The SMILES string of the molecule is CN=C(NCc1cccc(C(=O)NCCN(C)C)c1)NC(C)CCC(C)C. The van der Waals surface area contributed by atoms with Gasteiger partial charge in [-0.05, 0) is 57.5 Å². The summed E-state index contributed by atoms with van der Waals surface area (Å²) < 4.78 is 0. The summed E-state index contributed by atoms with van der Waals surface area (Å²) in [4.78, 5) is 18.6. The van der Waals surface area contributed by atoms with Crippen LogP contribution in [0.1, 0.15) is 49.5 Å². The lowest BCUT2D eigenvalue weighted by Crippen LogP contribution is -2.42. The van der Waals surface area contributed by atoms with Crippen LogP contribution >= 0.6 is 0 Å². The van der Waals surface area contributed by atoms with Gasteiger partial charge in [0.25, 0.3) is 5.91 Å². The Morgan fingerprint density at radius 2 is 1.89 bits per heavy atom. The molecule has 0 heterocycles. The second-order valence-electron chi connectivity index (χ2n) is 7.70. The standard InChI is InChI=1S/C21H37N5O/c1-16(2)10-11-17(3)25-21(22-4)24-15-18-8-7-9-19(14-18)20(27)23-12-13-26(5)6/h7-9,14,16-17H,10-13,15H2,1-6H3,(H,23,27)(H2,22,24,25). The molecule has 1 atom stereocenters. The molecule has 6 heteroatoms. The molecule has 1 amide bonds. The average molecular weight is 376 g/mol. The fourth-order valence-corrected chi connectivity index (χ4v) is 2.59. The summed E-state index contributed by atoms with van der Waals surface area (Å²) in [6, 6.07) is 8.06. The molecule has 0 aromatic heterocycles. The fourth-order valence-electron chi connectivity index (χ4n) is 2.59. The molecule has 0 bridgehead atoms. The minimum Gasteiger partial charge on any atom is -0.354 e. The van der Waals surface area contributed by atoms with Gasteiger partial charge in [0.2, 0.25) is 0 Å². The van der Waals surface area contributed by atoms with Crippen LogP contribution in [-0.2, 0) is 6.54 Å². The number of hydrogen-bond donors (Lipinski definition) is 3. The Morgan fingerprint density at radius 1 is 1.15 bits per heavy atom. The molecule has 0 aliphatic heterocycles. The summed E-state index contributed by atoms with van der Waals surface area (Å²) in [5.74, 6) is 1.45. The Bertz CT molecular complexity index is 598. The van der Waals surface area contributed by atoms with Crippen LogP contribution in [0.2, 0.25) is 0 Å². The Morgan fingerprint density at radius 3 is 2.52 bits per heavy atom. The lowest BCUT2D eigenvalue weighted by Gasteiger charge is -2.19. The van der Waals surface area contributed by atoms with Crippen molar-refractivity contribution < 1.29 is 4.79 Å². The van der Waals surface area contributed by atoms with Gasteiger partial charge in [0.1, 0.15) is 0 Å². The van der Waals surface area contributed by atoms with Crippen molar-refractivity contribution in [1.29, 1.82) is 0 Å². The van der Waals surface area contributed by atoms with Crippen molar-refractivity contribution in [3.8, 4) is 0 Å². The van der Waals surface area contributed by atoms with Gasteiger partial charge < -0.3 is 20.9 Å². The molecular weight excluding hydrogens is 338 g/mol. The maximum absolute atomic E-state index is 12.3. The van der Waals surface area contributed by atoms with Crippen LogP contribution < -0.4 is 16.0 Å². The van der Waals surface area contributed by atoms with Gasteiger partial charge in [-0.2, -0.15) is 0 Å². The number of nitrogens with one attached hydrogen (secondary N) is 3. The summed E-state index contributed by atoms with van der Waals surface area (Å²) in [5.41, 5.74) is 1.73. The summed E-state index contributed by atoms with van der Waals surface area (Å²) in [6.45, 7) is 8.74. The Kier molecular flexibility index (Phi) is 10.5. The molecule has 1 unspecified atom stereocenters. The van der Waals surface area contributed by atoms with E-state index in [0.29, 0.717) is 30.6 Å². The fraction of sp³-hybridized carbons (Fsp3) is 0.619. The van der Waals surface area contributed by atoms with Crippen LogP contribution in [0, 0.1) is 5.92 Å². The van der Waals surface area contributed by atoms with E-state index in [0.717, 1.165) is 24.5 Å². The first-order chi connectivity index (χ1) is 12.8. The number of aliphatic imine (C=N–C) groups is 1. The van der Waals surface area contributed by atoms with Gasteiger partial charge in [-0.15, -0.1) is 0 Å². The number of rotatable bonds is 10. The van der Waals surface area contributed by atoms with Crippen LogP contribution in [0.3, 0.4) is 0 Å². The molecule has 0 spiro atoms. The first-order valence-corrected chi connectivity index (χ1v) is 9.80. The van der Waals surface area contributed by atoms with Crippen LogP contribution in [0.25, 0.3) is 0 Å². The second kappa shape index (κ2) is 12.3. The normalized spacial score (nSPS) is 13.0. The van der Waals surface area contributed by atoms with Crippen molar-refractivity contribution >= 4 is 11.9 Å². The largest absolute Gasteiger partial charge is 0.354 e. The van der Waals surface area contributed by atoms with Crippen molar-refractivity contribution in [3.63, 3.8) is 0 Å². The van der Waals surface area contributed by atoms with Crippen LogP contribution in [0.15, 0.2) is 29.3 Å². The van der Waals surface area contributed by atoms with E-state index in [2.05, 4.69) is 41.7 Å². The van der Waals surface area contributed by atoms with Crippen LogP contribution in [-0.4, -0.2) is 57.0 Å². The van der Waals surface area contributed by atoms with Gasteiger partial charge in [0.05, 0.1) is 0 Å². The molecule has 1 rings (SSSR count). The maximum atomic E-state index is 12.3. The zero-order chi connectivity index (χ0) is 20.2. The lowest BCUT2D eigenvalue weighted by atomic mass is 10.0. The van der Waals surface area contributed by atoms with Gasteiger partial charge in [-0.1, -0.05) is 26.0 Å². The predicted molar refractivity (Wildman–Crippen MR) is 114 cm³/mol. The molecule has 152 valence electrons. The predicted octanol–water partition coefficient (Wildman–Crippen LogP) is 2.47. The topological polar surface area (TPSA) is 68.8 Å². The van der Waals surface area contributed by atoms with Crippen molar-refractivity contribution in [1.82, 2.24) is 20.9 Å². The Balaban J connectivity index is 2.52. The Hall–Kier alpha value is -2.08. The molecule has 0 aliphatic carbocycles. The summed E-state index contributed by atoms with van der Waals surface area (Å²) in [6.07, 6.45) is 2.30. The van der Waals surface area contributed by atoms with Crippen molar-refractivity contribution in [3.05, 3.63) is 35.4 Å². The molecule has 1 aromatic rings. The monoisotopic (exact) mass is 375 g/mol. The smallest absolute Gasteiger partial charge is 0.251 e. The highest BCUT2D eigenvalue weighted by molar-refractivity contribution is 5.94. The van der Waals surface area contributed by atoms with Crippen molar-refractivity contribution in [2.24, 2.45) is 10.9 Å². The molecule has 6 nitrogen and oxygen atoms in total.